The summed E-state index contributed by atoms with van der Waals surface area (Å²) in [4.78, 5) is 14.8. The molecule has 0 aromatic carbocycles. The van der Waals surface area contributed by atoms with Crippen molar-refractivity contribution in [3.63, 3.8) is 0 Å². The Labute approximate surface area is 181 Å². The summed E-state index contributed by atoms with van der Waals surface area (Å²) in [6, 6.07) is 0. The highest BCUT2D eigenvalue weighted by atomic mass is 16.5. The number of nitrogens with zero attached hydrogens (tertiary/aromatic N) is 3. The molecule has 0 saturated heterocycles. The van der Waals surface area contributed by atoms with E-state index in [0.717, 1.165) is 42.6 Å². The molecule has 4 fully saturated rings. The number of fused-ring (bicyclic) bond motifs is 5. The van der Waals surface area contributed by atoms with E-state index in [-0.39, 0.29) is 11.3 Å². The van der Waals surface area contributed by atoms with Crippen LogP contribution in [0, 0.1) is 46.8 Å². The van der Waals surface area contributed by atoms with Gasteiger partial charge in [-0.1, -0.05) is 13.8 Å². The highest BCUT2D eigenvalue weighted by Crippen LogP contribution is 2.64. The number of carbonyl (C=O) groups excluding carboxylic acids is 1. The minimum atomic E-state index is 0.180. The molecule has 5 nitrogen and oxygen atoms in total. The summed E-state index contributed by atoms with van der Waals surface area (Å²) in [6.07, 6.45) is 14.1. The normalized spacial score (nSPS) is 45.4. The van der Waals surface area contributed by atoms with Gasteiger partial charge in [0.25, 0.3) is 0 Å². The molecule has 30 heavy (non-hydrogen) atoms. The Balaban J connectivity index is 1.31. The number of ether oxygens (including phenoxy) is 1. The van der Waals surface area contributed by atoms with Crippen molar-refractivity contribution in [2.45, 2.75) is 84.8 Å². The van der Waals surface area contributed by atoms with Crippen LogP contribution in [0.15, 0.2) is 12.4 Å². The number of aromatic nitrogens is 3. The van der Waals surface area contributed by atoms with Crippen molar-refractivity contribution in [2.75, 3.05) is 6.61 Å². The van der Waals surface area contributed by atoms with E-state index in [1.54, 1.807) is 17.2 Å². The second-order valence-corrected chi connectivity index (χ2v) is 11.1. The van der Waals surface area contributed by atoms with E-state index in [2.05, 4.69) is 31.0 Å². The molecule has 5 heteroatoms. The monoisotopic (exact) mass is 413 g/mol. The molecule has 0 spiro atoms. The third-order valence-electron chi connectivity index (χ3n) is 9.87. The van der Waals surface area contributed by atoms with Crippen molar-refractivity contribution < 1.29 is 9.53 Å². The van der Waals surface area contributed by atoms with E-state index in [4.69, 9.17) is 4.74 Å². The van der Waals surface area contributed by atoms with Gasteiger partial charge in [-0.2, -0.15) is 15.0 Å². The molecule has 1 aromatic heterocycles. The molecule has 4 saturated carbocycles. The SMILES string of the molecule is CCOC1CC2C(CCC3C2CCC2(C)C(C(=O)Cn4nccn4)CCC32)CC1C. The van der Waals surface area contributed by atoms with E-state index in [9.17, 15) is 4.79 Å². The van der Waals surface area contributed by atoms with Crippen LogP contribution < -0.4 is 0 Å². The molecule has 4 aliphatic carbocycles. The molecule has 0 aliphatic heterocycles. The summed E-state index contributed by atoms with van der Waals surface area (Å²) in [5.74, 6) is 5.42. The zero-order valence-electron chi connectivity index (χ0n) is 19.0. The lowest BCUT2D eigenvalue weighted by Crippen LogP contribution is -2.51. The van der Waals surface area contributed by atoms with Crippen LogP contribution in [0.1, 0.15) is 72.1 Å². The fourth-order valence-electron chi connectivity index (χ4n) is 8.57. The Hall–Kier alpha value is -1.23. The maximum absolute atomic E-state index is 13.2. The van der Waals surface area contributed by atoms with Crippen LogP contribution in [-0.2, 0) is 16.1 Å². The van der Waals surface area contributed by atoms with Gasteiger partial charge in [0.2, 0.25) is 0 Å². The summed E-state index contributed by atoms with van der Waals surface area (Å²) in [5.41, 5.74) is 0.180. The van der Waals surface area contributed by atoms with Crippen LogP contribution >= 0.6 is 0 Å². The topological polar surface area (TPSA) is 57.0 Å². The number of rotatable bonds is 5. The zero-order chi connectivity index (χ0) is 20.9. The molecule has 1 aromatic rings. The van der Waals surface area contributed by atoms with Crippen molar-refractivity contribution in [1.29, 1.82) is 0 Å². The summed E-state index contributed by atoms with van der Waals surface area (Å²) in [5, 5.41) is 8.33. The highest BCUT2D eigenvalue weighted by molar-refractivity contribution is 5.81. The van der Waals surface area contributed by atoms with E-state index in [1.165, 1.54) is 44.9 Å². The van der Waals surface area contributed by atoms with Crippen molar-refractivity contribution >= 4 is 5.78 Å². The average Bonchev–Trinajstić information content (AvgIpc) is 3.35. The predicted molar refractivity (Wildman–Crippen MR) is 116 cm³/mol. The van der Waals surface area contributed by atoms with Gasteiger partial charge in [-0.05, 0) is 99.2 Å². The van der Waals surface area contributed by atoms with Crippen LogP contribution in [-0.4, -0.2) is 33.5 Å². The smallest absolute Gasteiger partial charge is 0.159 e. The number of carbonyl (C=O) groups is 1. The molecule has 9 atom stereocenters. The average molecular weight is 414 g/mol. The zero-order valence-corrected chi connectivity index (χ0v) is 19.0. The van der Waals surface area contributed by atoms with Gasteiger partial charge in [0, 0.05) is 12.5 Å². The predicted octanol–water partition coefficient (Wildman–Crippen LogP) is 4.77. The Morgan fingerprint density at radius 3 is 2.63 bits per heavy atom. The molecular formula is C25H39N3O2. The molecule has 0 N–H and O–H groups in total. The summed E-state index contributed by atoms with van der Waals surface area (Å²) in [6.45, 7) is 8.17. The molecule has 0 amide bonds. The van der Waals surface area contributed by atoms with Gasteiger partial charge in [0.05, 0.1) is 18.5 Å². The minimum absolute atomic E-state index is 0.180. The summed E-state index contributed by atoms with van der Waals surface area (Å²) < 4.78 is 6.17. The molecule has 1 heterocycles. The first kappa shape index (κ1) is 20.7. The number of hydrogen-bond acceptors (Lipinski definition) is 4. The van der Waals surface area contributed by atoms with Crippen molar-refractivity contribution in [3.05, 3.63) is 12.4 Å². The molecule has 9 unspecified atom stereocenters. The maximum atomic E-state index is 13.2. The highest BCUT2D eigenvalue weighted by Gasteiger charge is 2.58. The van der Waals surface area contributed by atoms with Gasteiger partial charge in [0.15, 0.2) is 5.78 Å². The fourth-order valence-corrected chi connectivity index (χ4v) is 8.57. The van der Waals surface area contributed by atoms with E-state index in [1.807, 2.05) is 0 Å². The molecule has 0 bridgehead atoms. The van der Waals surface area contributed by atoms with Crippen molar-refractivity contribution in [3.8, 4) is 0 Å². The lowest BCUT2D eigenvalue weighted by molar-refractivity contribution is -0.133. The third kappa shape index (κ3) is 3.36. The largest absolute Gasteiger partial charge is 0.378 e. The quantitative estimate of drug-likeness (QED) is 0.698. The molecule has 4 aliphatic rings. The number of hydrogen-bond donors (Lipinski definition) is 0. The van der Waals surface area contributed by atoms with E-state index in [0.29, 0.717) is 24.3 Å². The Bertz CT molecular complexity index is 750. The molecular weight excluding hydrogens is 374 g/mol. The molecule has 0 radical (unpaired) electrons. The lowest BCUT2D eigenvalue weighted by atomic mass is 9.49. The Kier molecular flexibility index (Phi) is 5.53. The standard InChI is InChI=1S/C25H39N3O2/c1-4-30-24-14-20-17(13-16(24)2)5-6-19-18(20)9-10-25(3)21(19)7-8-22(25)23(29)15-28-26-11-12-27-28/h11-12,16-22,24H,4-10,13-15H2,1-3H3. The van der Waals surface area contributed by atoms with Gasteiger partial charge in [-0.15, -0.1) is 0 Å². The Morgan fingerprint density at radius 2 is 1.87 bits per heavy atom. The number of ketones is 1. The van der Waals surface area contributed by atoms with E-state index < -0.39 is 0 Å². The molecule has 166 valence electrons. The van der Waals surface area contributed by atoms with Crippen molar-refractivity contribution in [1.82, 2.24) is 15.0 Å². The lowest BCUT2D eigenvalue weighted by Gasteiger charge is -2.57. The first-order valence-corrected chi connectivity index (χ1v) is 12.5. The molecule has 5 rings (SSSR count). The number of Topliss-reactive ketones (excluding diaryl/α,β-unsaturated/α-hetero) is 1. The van der Waals surface area contributed by atoms with Gasteiger partial charge in [-0.3, -0.25) is 4.79 Å². The van der Waals surface area contributed by atoms with Crippen LogP contribution in [0.2, 0.25) is 0 Å². The summed E-state index contributed by atoms with van der Waals surface area (Å²) >= 11 is 0. The van der Waals surface area contributed by atoms with Crippen LogP contribution in [0.3, 0.4) is 0 Å². The second-order valence-electron chi connectivity index (χ2n) is 11.1. The third-order valence-corrected chi connectivity index (χ3v) is 9.87. The van der Waals surface area contributed by atoms with Crippen molar-refractivity contribution in [2.24, 2.45) is 46.8 Å². The first-order chi connectivity index (χ1) is 14.5. The first-order valence-electron chi connectivity index (χ1n) is 12.5. The van der Waals surface area contributed by atoms with Gasteiger partial charge < -0.3 is 4.74 Å². The van der Waals surface area contributed by atoms with Crippen LogP contribution in [0.25, 0.3) is 0 Å². The van der Waals surface area contributed by atoms with Crippen LogP contribution in [0.5, 0.6) is 0 Å². The van der Waals surface area contributed by atoms with E-state index >= 15 is 0 Å². The second kappa shape index (κ2) is 8.03. The summed E-state index contributed by atoms with van der Waals surface area (Å²) in [7, 11) is 0. The minimum Gasteiger partial charge on any atom is -0.378 e. The van der Waals surface area contributed by atoms with Crippen LogP contribution in [0.4, 0.5) is 0 Å². The Morgan fingerprint density at radius 1 is 1.07 bits per heavy atom. The van der Waals surface area contributed by atoms with Gasteiger partial charge in [-0.25, -0.2) is 0 Å². The fraction of sp³-hybridized carbons (Fsp3) is 0.880. The van der Waals surface area contributed by atoms with Gasteiger partial charge >= 0.3 is 0 Å². The maximum Gasteiger partial charge on any atom is 0.159 e. The van der Waals surface area contributed by atoms with Gasteiger partial charge in [0.1, 0.15) is 6.54 Å².